The Balaban J connectivity index is 2.64. The number of aliphatic hydroxyl groups excluding tert-OH is 1. The lowest BCUT2D eigenvalue weighted by atomic mass is 10.1. The lowest BCUT2D eigenvalue weighted by Crippen LogP contribution is -2.42. The standard InChI is InChI=1S/C18H27NO4/c1-13(20)6-7-14-8-9-16(17(10-14)22-5)23-12-15(21)11-19-18(2,3)4/h6-10,15,19,21H,11-12H2,1-5H3. The lowest BCUT2D eigenvalue weighted by molar-refractivity contribution is -0.112. The monoisotopic (exact) mass is 321 g/mol. The summed E-state index contributed by atoms with van der Waals surface area (Å²) in [5.74, 6) is 1.10. The maximum Gasteiger partial charge on any atom is 0.161 e. The zero-order valence-electron chi connectivity index (χ0n) is 14.6. The quantitative estimate of drug-likeness (QED) is 0.720. The molecule has 1 atom stereocenters. The first-order valence-corrected chi connectivity index (χ1v) is 7.64. The third kappa shape index (κ3) is 7.81. The van der Waals surface area contributed by atoms with Crippen molar-refractivity contribution in [3.05, 3.63) is 29.8 Å². The van der Waals surface area contributed by atoms with Gasteiger partial charge < -0.3 is 19.9 Å². The van der Waals surface area contributed by atoms with E-state index in [9.17, 15) is 9.90 Å². The summed E-state index contributed by atoms with van der Waals surface area (Å²) in [5, 5.41) is 13.2. The van der Waals surface area contributed by atoms with Gasteiger partial charge in [-0.3, -0.25) is 4.79 Å². The first-order valence-electron chi connectivity index (χ1n) is 7.64. The number of rotatable bonds is 8. The molecule has 0 amide bonds. The highest BCUT2D eigenvalue weighted by molar-refractivity contribution is 5.91. The third-order valence-electron chi connectivity index (χ3n) is 3.00. The SMILES string of the molecule is COc1cc(C=CC(C)=O)ccc1OCC(O)CNC(C)(C)C. The minimum atomic E-state index is -0.615. The van der Waals surface area contributed by atoms with Gasteiger partial charge in [0.2, 0.25) is 0 Å². The Morgan fingerprint density at radius 3 is 2.61 bits per heavy atom. The van der Waals surface area contributed by atoms with Crippen LogP contribution >= 0.6 is 0 Å². The molecule has 0 aliphatic rings. The number of β-amino-alcohol motifs (C(OH)–C–C–N with tert-alkyl or cyclic N) is 1. The summed E-state index contributed by atoms with van der Waals surface area (Å²) in [6, 6.07) is 5.38. The van der Waals surface area contributed by atoms with E-state index in [1.165, 1.54) is 13.0 Å². The van der Waals surface area contributed by atoms with Gasteiger partial charge in [0.1, 0.15) is 12.7 Å². The van der Waals surface area contributed by atoms with Crippen LogP contribution in [0.25, 0.3) is 6.08 Å². The molecule has 0 saturated carbocycles. The van der Waals surface area contributed by atoms with Gasteiger partial charge in [-0.2, -0.15) is 0 Å². The highest BCUT2D eigenvalue weighted by Gasteiger charge is 2.13. The van der Waals surface area contributed by atoms with Gasteiger partial charge in [0.15, 0.2) is 17.3 Å². The molecule has 0 aromatic heterocycles. The number of allylic oxidation sites excluding steroid dienone is 1. The molecule has 1 aromatic carbocycles. The van der Waals surface area contributed by atoms with Gasteiger partial charge in [0.05, 0.1) is 7.11 Å². The van der Waals surface area contributed by atoms with Gasteiger partial charge in [-0.15, -0.1) is 0 Å². The second kappa shape index (κ2) is 8.70. The van der Waals surface area contributed by atoms with Crippen LogP contribution in [0.2, 0.25) is 0 Å². The highest BCUT2D eigenvalue weighted by atomic mass is 16.5. The van der Waals surface area contributed by atoms with Crippen LogP contribution in [-0.4, -0.2) is 42.8 Å². The van der Waals surface area contributed by atoms with E-state index in [1.54, 1.807) is 25.3 Å². The van der Waals surface area contributed by atoms with E-state index >= 15 is 0 Å². The second-order valence-corrected chi connectivity index (χ2v) is 6.45. The number of ketones is 1. The number of hydrogen-bond acceptors (Lipinski definition) is 5. The van der Waals surface area contributed by atoms with Crippen LogP contribution in [0.4, 0.5) is 0 Å². The minimum absolute atomic E-state index is 0.0150. The van der Waals surface area contributed by atoms with Crippen LogP contribution < -0.4 is 14.8 Å². The second-order valence-electron chi connectivity index (χ2n) is 6.45. The van der Waals surface area contributed by atoms with Gasteiger partial charge >= 0.3 is 0 Å². The van der Waals surface area contributed by atoms with E-state index in [4.69, 9.17) is 9.47 Å². The summed E-state index contributed by atoms with van der Waals surface area (Å²) in [7, 11) is 1.55. The Labute approximate surface area is 138 Å². The number of carbonyl (C=O) groups excluding carboxylic acids is 1. The van der Waals surface area contributed by atoms with Crippen LogP contribution in [0, 0.1) is 0 Å². The molecule has 0 bridgehead atoms. The van der Waals surface area contributed by atoms with Gasteiger partial charge in [-0.05, 0) is 51.5 Å². The van der Waals surface area contributed by atoms with E-state index < -0.39 is 6.10 Å². The van der Waals surface area contributed by atoms with Crippen molar-refractivity contribution in [1.29, 1.82) is 0 Å². The number of methoxy groups -OCH3 is 1. The maximum absolute atomic E-state index is 11.0. The Kier molecular flexibility index (Phi) is 7.26. The molecule has 0 heterocycles. The molecule has 0 aliphatic carbocycles. The fourth-order valence-electron chi connectivity index (χ4n) is 1.79. The van der Waals surface area contributed by atoms with E-state index in [-0.39, 0.29) is 17.9 Å². The lowest BCUT2D eigenvalue weighted by Gasteiger charge is -2.23. The average Bonchev–Trinajstić information content (AvgIpc) is 2.48. The Morgan fingerprint density at radius 1 is 1.35 bits per heavy atom. The molecule has 1 rings (SSSR count). The van der Waals surface area contributed by atoms with Gasteiger partial charge in [-0.1, -0.05) is 12.1 Å². The van der Waals surface area contributed by atoms with Crippen molar-refractivity contribution in [3.8, 4) is 11.5 Å². The summed E-state index contributed by atoms with van der Waals surface area (Å²) in [6.45, 7) is 8.23. The molecule has 0 spiro atoms. The summed E-state index contributed by atoms with van der Waals surface area (Å²) >= 11 is 0. The summed E-state index contributed by atoms with van der Waals surface area (Å²) in [4.78, 5) is 11.0. The molecule has 128 valence electrons. The predicted octanol–water partition coefficient (Wildman–Crippen LogP) is 2.43. The highest BCUT2D eigenvalue weighted by Crippen LogP contribution is 2.28. The number of hydrogen-bond donors (Lipinski definition) is 2. The first kappa shape index (κ1) is 19.2. The van der Waals surface area contributed by atoms with Crippen LogP contribution in [0.15, 0.2) is 24.3 Å². The van der Waals surface area contributed by atoms with Crippen LogP contribution in [0.1, 0.15) is 33.3 Å². The zero-order valence-corrected chi connectivity index (χ0v) is 14.6. The molecule has 0 saturated heterocycles. The largest absolute Gasteiger partial charge is 0.493 e. The van der Waals surface area contributed by atoms with Crippen molar-refractivity contribution < 1.29 is 19.4 Å². The molecule has 5 heteroatoms. The van der Waals surface area contributed by atoms with Crippen molar-refractivity contribution in [1.82, 2.24) is 5.32 Å². The molecule has 2 N–H and O–H groups in total. The Bertz CT molecular complexity index is 546. The number of benzene rings is 1. The molecule has 1 unspecified atom stereocenters. The van der Waals surface area contributed by atoms with Crippen molar-refractivity contribution in [2.24, 2.45) is 0 Å². The Hall–Kier alpha value is -1.85. The van der Waals surface area contributed by atoms with E-state index in [0.717, 1.165) is 5.56 Å². The fourth-order valence-corrected chi connectivity index (χ4v) is 1.79. The van der Waals surface area contributed by atoms with Crippen LogP contribution in [-0.2, 0) is 4.79 Å². The van der Waals surface area contributed by atoms with Crippen LogP contribution in [0.5, 0.6) is 11.5 Å². The summed E-state index contributed by atoms with van der Waals surface area (Å²) in [5.41, 5.74) is 0.794. The molecular formula is C18H27NO4. The van der Waals surface area contributed by atoms with Crippen molar-refractivity contribution in [2.75, 3.05) is 20.3 Å². The minimum Gasteiger partial charge on any atom is -0.493 e. The molecule has 0 radical (unpaired) electrons. The molecule has 0 fully saturated rings. The van der Waals surface area contributed by atoms with Gasteiger partial charge in [0.25, 0.3) is 0 Å². The molecule has 1 aromatic rings. The van der Waals surface area contributed by atoms with Crippen molar-refractivity contribution in [3.63, 3.8) is 0 Å². The average molecular weight is 321 g/mol. The predicted molar refractivity (Wildman–Crippen MR) is 92.0 cm³/mol. The third-order valence-corrected chi connectivity index (χ3v) is 3.00. The van der Waals surface area contributed by atoms with E-state index in [0.29, 0.717) is 18.0 Å². The number of ether oxygens (including phenoxy) is 2. The van der Waals surface area contributed by atoms with Crippen LogP contribution in [0.3, 0.4) is 0 Å². The number of aliphatic hydroxyl groups is 1. The summed E-state index contributed by atoms with van der Waals surface area (Å²) in [6.07, 6.45) is 2.60. The molecule has 0 aliphatic heterocycles. The Morgan fingerprint density at radius 2 is 2.04 bits per heavy atom. The topological polar surface area (TPSA) is 67.8 Å². The summed E-state index contributed by atoms with van der Waals surface area (Å²) < 4.78 is 10.9. The van der Waals surface area contributed by atoms with Gasteiger partial charge in [0, 0.05) is 12.1 Å². The smallest absolute Gasteiger partial charge is 0.161 e. The van der Waals surface area contributed by atoms with E-state index in [1.807, 2.05) is 26.8 Å². The van der Waals surface area contributed by atoms with Crippen molar-refractivity contribution in [2.45, 2.75) is 39.3 Å². The number of carbonyl (C=O) groups is 1. The normalized spacial score (nSPS) is 13.1. The fraction of sp³-hybridized carbons (Fsp3) is 0.500. The number of nitrogens with one attached hydrogen (secondary N) is 1. The molecule has 23 heavy (non-hydrogen) atoms. The first-order chi connectivity index (χ1) is 10.7. The van der Waals surface area contributed by atoms with E-state index in [2.05, 4.69) is 5.32 Å². The van der Waals surface area contributed by atoms with Gasteiger partial charge in [-0.25, -0.2) is 0 Å². The van der Waals surface area contributed by atoms with Crippen molar-refractivity contribution >= 4 is 11.9 Å². The molecule has 5 nitrogen and oxygen atoms in total. The zero-order chi connectivity index (χ0) is 17.5. The molecular weight excluding hydrogens is 294 g/mol. The maximum atomic E-state index is 11.0.